The largest absolute Gasteiger partial charge is 0.507 e. The number of aliphatic imine (C=N–C) groups is 1. The molecule has 0 aliphatic carbocycles. The number of unbranched alkanes of at least 4 members (excludes halogenated alkanes) is 3. The van der Waals surface area contributed by atoms with Crippen molar-refractivity contribution in [3.8, 4) is 11.5 Å². The molecule has 0 bridgehead atoms. The zero-order valence-corrected chi connectivity index (χ0v) is 16.4. The van der Waals surface area contributed by atoms with E-state index in [4.69, 9.17) is 14.2 Å². The molecule has 0 unspecified atom stereocenters. The number of aromatic hydroxyl groups is 1. The third-order valence-electron chi connectivity index (χ3n) is 4.17. The Balaban J connectivity index is 1.90. The van der Waals surface area contributed by atoms with Gasteiger partial charge in [0.2, 0.25) is 0 Å². The number of phenolic OH excluding ortho intramolecular Hbond substituents is 1. The van der Waals surface area contributed by atoms with Crippen molar-refractivity contribution in [1.82, 2.24) is 0 Å². The van der Waals surface area contributed by atoms with E-state index in [9.17, 15) is 9.90 Å². The van der Waals surface area contributed by atoms with Crippen molar-refractivity contribution < 1.29 is 24.1 Å². The quantitative estimate of drug-likeness (QED) is 0.494. The Kier molecular flexibility index (Phi) is 7.78. The van der Waals surface area contributed by atoms with Crippen LogP contribution < -0.4 is 4.74 Å². The summed E-state index contributed by atoms with van der Waals surface area (Å²) in [4.78, 5) is 16.3. The zero-order valence-electron chi connectivity index (χ0n) is 15.6. The van der Waals surface area contributed by atoms with E-state index in [1.165, 1.54) is 18.9 Å². The van der Waals surface area contributed by atoms with Gasteiger partial charge in [-0.2, -0.15) is 0 Å². The molecule has 144 valence electrons. The molecule has 7 heteroatoms. The summed E-state index contributed by atoms with van der Waals surface area (Å²) in [5, 5.41) is 11.0. The Morgan fingerprint density at radius 2 is 1.96 bits per heavy atom. The van der Waals surface area contributed by atoms with Crippen LogP contribution in [0.3, 0.4) is 0 Å². The number of rotatable bonds is 10. The maximum atomic E-state index is 11.8. The number of benzene rings is 1. The summed E-state index contributed by atoms with van der Waals surface area (Å²) in [6.07, 6.45) is 4.24. The van der Waals surface area contributed by atoms with Gasteiger partial charge in [-0.05, 0) is 38.3 Å². The predicted molar refractivity (Wildman–Crippen MR) is 103 cm³/mol. The summed E-state index contributed by atoms with van der Waals surface area (Å²) in [7, 11) is 3.07. The van der Waals surface area contributed by atoms with Crippen LogP contribution >= 0.6 is 11.8 Å². The molecule has 6 nitrogen and oxygen atoms in total. The Bertz CT molecular complexity index is 649. The van der Waals surface area contributed by atoms with E-state index < -0.39 is 5.54 Å². The molecule has 1 aliphatic heterocycles. The molecule has 0 saturated heterocycles. The monoisotopic (exact) mass is 381 g/mol. The first-order valence-corrected chi connectivity index (χ1v) is 9.75. The Morgan fingerprint density at radius 3 is 2.62 bits per heavy atom. The summed E-state index contributed by atoms with van der Waals surface area (Å²) < 4.78 is 15.5. The maximum Gasteiger partial charge on any atom is 0.334 e. The Labute approximate surface area is 158 Å². The number of carbonyl (C=O) groups is 1. The van der Waals surface area contributed by atoms with Crippen molar-refractivity contribution in [3.63, 3.8) is 0 Å². The number of phenols is 1. The first-order chi connectivity index (χ1) is 12.5. The number of thioether (sulfide) groups is 1. The fourth-order valence-electron chi connectivity index (χ4n) is 2.63. The van der Waals surface area contributed by atoms with Crippen molar-refractivity contribution in [1.29, 1.82) is 0 Å². The minimum atomic E-state index is -0.904. The van der Waals surface area contributed by atoms with Crippen LogP contribution in [0.25, 0.3) is 0 Å². The van der Waals surface area contributed by atoms with Crippen LogP contribution in [-0.2, 0) is 14.3 Å². The molecule has 26 heavy (non-hydrogen) atoms. The average Bonchev–Trinajstić information content (AvgIpc) is 3.03. The molecule has 0 radical (unpaired) electrons. The van der Waals surface area contributed by atoms with Gasteiger partial charge >= 0.3 is 5.97 Å². The number of carbonyl (C=O) groups excluding carboxylic acids is 1. The molecule has 0 fully saturated rings. The minimum Gasteiger partial charge on any atom is -0.507 e. The summed E-state index contributed by atoms with van der Waals surface area (Å²) >= 11 is 1.44. The van der Waals surface area contributed by atoms with Crippen molar-refractivity contribution in [3.05, 3.63) is 23.8 Å². The highest BCUT2D eigenvalue weighted by atomic mass is 32.2. The second-order valence-corrected chi connectivity index (χ2v) is 7.37. The second kappa shape index (κ2) is 9.83. The maximum absolute atomic E-state index is 11.8. The number of nitrogens with zero attached hydrogens (tertiary/aromatic N) is 1. The van der Waals surface area contributed by atoms with Gasteiger partial charge in [-0.15, -0.1) is 11.8 Å². The molecule has 0 aromatic heterocycles. The van der Waals surface area contributed by atoms with Crippen molar-refractivity contribution in [2.75, 3.05) is 33.2 Å². The lowest BCUT2D eigenvalue weighted by Crippen LogP contribution is -2.34. The van der Waals surface area contributed by atoms with Gasteiger partial charge in [0.25, 0.3) is 0 Å². The van der Waals surface area contributed by atoms with E-state index in [1.54, 1.807) is 26.2 Å². The standard InChI is InChI=1S/C19H27NO5S/c1-19(18(22)24-3)13-26-17(20-19)15-9-8-14(12-16(15)21)25-11-7-5-4-6-10-23-2/h8-9,12,21H,4-7,10-11,13H2,1-3H3/t19-/m1/s1. The first kappa shape index (κ1) is 20.6. The third kappa shape index (κ3) is 5.38. The molecular formula is C19H27NO5S. The molecule has 0 amide bonds. The lowest BCUT2D eigenvalue weighted by molar-refractivity contribution is -0.145. The Morgan fingerprint density at radius 1 is 1.23 bits per heavy atom. The van der Waals surface area contributed by atoms with Gasteiger partial charge in [-0.25, -0.2) is 4.79 Å². The topological polar surface area (TPSA) is 77.4 Å². The summed E-state index contributed by atoms with van der Waals surface area (Å²) in [5.74, 6) is 0.853. The molecule has 2 rings (SSSR count). The van der Waals surface area contributed by atoms with Crippen LogP contribution in [0.1, 0.15) is 38.2 Å². The summed E-state index contributed by atoms with van der Waals surface area (Å²) in [6.45, 7) is 3.15. The number of methoxy groups -OCH3 is 2. The van der Waals surface area contributed by atoms with Gasteiger partial charge in [-0.1, -0.05) is 6.42 Å². The zero-order chi connectivity index (χ0) is 19.0. The van der Waals surface area contributed by atoms with E-state index in [1.807, 2.05) is 6.07 Å². The molecule has 0 saturated carbocycles. The van der Waals surface area contributed by atoms with Crippen LogP contribution in [0, 0.1) is 0 Å². The highest BCUT2D eigenvalue weighted by Gasteiger charge is 2.40. The first-order valence-electron chi connectivity index (χ1n) is 8.76. The van der Waals surface area contributed by atoms with Gasteiger partial charge in [0.1, 0.15) is 16.5 Å². The molecule has 1 aromatic rings. The van der Waals surface area contributed by atoms with Gasteiger partial charge in [0, 0.05) is 31.1 Å². The Hall–Kier alpha value is -1.73. The number of hydrogen-bond acceptors (Lipinski definition) is 7. The fourth-order valence-corrected chi connectivity index (χ4v) is 3.83. The summed E-state index contributed by atoms with van der Waals surface area (Å²) in [5.41, 5.74) is -0.298. The van der Waals surface area contributed by atoms with Gasteiger partial charge in [0.05, 0.1) is 13.7 Å². The molecule has 1 aliphatic rings. The lowest BCUT2D eigenvalue weighted by atomic mass is 10.1. The highest BCUT2D eigenvalue weighted by Crippen LogP contribution is 2.35. The van der Waals surface area contributed by atoms with E-state index >= 15 is 0 Å². The normalized spacial score (nSPS) is 19.3. The smallest absolute Gasteiger partial charge is 0.334 e. The highest BCUT2D eigenvalue weighted by molar-refractivity contribution is 8.14. The van der Waals surface area contributed by atoms with Crippen LogP contribution in [0.15, 0.2) is 23.2 Å². The van der Waals surface area contributed by atoms with Crippen LogP contribution in [0.2, 0.25) is 0 Å². The lowest BCUT2D eigenvalue weighted by Gasteiger charge is -2.15. The second-order valence-electron chi connectivity index (χ2n) is 6.41. The fraction of sp³-hybridized carbons (Fsp3) is 0.579. The molecule has 1 atom stereocenters. The summed E-state index contributed by atoms with van der Waals surface area (Å²) in [6, 6.07) is 5.19. The van der Waals surface area contributed by atoms with Gasteiger partial charge < -0.3 is 19.3 Å². The minimum absolute atomic E-state index is 0.1000. The molecule has 1 aromatic carbocycles. The SMILES string of the molecule is COCCCCCCOc1ccc(C2=N[C@@](C)(C(=O)OC)CS2)c(O)c1. The van der Waals surface area contributed by atoms with E-state index in [0.29, 0.717) is 28.7 Å². The number of esters is 1. The van der Waals surface area contributed by atoms with Crippen LogP contribution in [0.4, 0.5) is 0 Å². The van der Waals surface area contributed by atoms with Gasteiger partial charge in [0.15, 0.2) is 5.54 Å². The molecular weight excluding hydrogens is 354 g/mol. The van der Waals surface area contributed by atoms with E-state index in [0.717, 1.165) is 32.3 Å². The average molecular weight is 381 g/mol. The van der Waals surface area contributed by atoms with Crippen LogP contribution in [-0.4, -0.2) is 54.8 Å². The number of hydrogen-bond donors (Lipinski definition) is 1. The van der Waals surface area contributed by atoms with Crippen molar-refractivity contribution >= 4 is 22.8 Å². The third-order valence-corrected chi connectivity index (χ3v) is 5.47. The van der Waals surface area contributed by atoms with E-state index in [-0.39, 0.29) is 11.7 Å². The molecule has 0 spiro atoms. The predicted octanol–water partition coefficient (Wildman–Crippen LogP) is 3.40. The van der Waals surface area contributed by atoms with Crippen molar-refractivity contribution in [2.45, 2.75) is 38.1 Å². The van der Waals surface area contributed by atoms with E-state index in [2.05, 4.69) is 4.99 Å². The van der Waals surface area contributed by atoms with Crippen molar-refractivity contribution in [2.24, 2.45) is 4.99 Å². The number of ether oxygens (including phenoxy) is 3. The van der Waals surface area contributed by atoms with Gasteiger partial charge in [-0.3, -0.25) is 4.99 Å². The molecule has 1 heterocycles. The van der Waals surface area contributed by atoms with Crippen LogP contribution in [0.5, 0.6) is 11.5 Å². The molecule has 1 N–H and O–H groups in total.